The lowest BCUT2D eigenvalue weighted by Gasteiger charge is -2.10. The van der Waals surface area contributed by atoms with Crippen molar-refractivity contribution in [3.8, 4) is 11.6 Å². The van der Waals surface area contributed by atoms with E-state index in [2.05, 4.69) is 4.98 Å². The van der Waals surface area contributed by atoms with E-state index in [1.54, 1.807) is 18.2 Å². The number of aromatic nitrogens is 1. The molecular formula is C12H8Cl2N2O3. The van der Waals surface area contributed by atoms with Gasteiger partial charge in [-0.15, -0.1) is 0 Å². The number of carboxylic acid groups (broad SMARTS) is 1. The molecule has 2 aromatic rings. The molecule has 98 valence electrons. The van der Waals surface area contributed by atoms with Gasteiger partial charge in [0, 0.05) is 6.20 Å². The number of carboxylic acids is 1. The average Bonchev–Trinajstić information content (AvgIpc) is 2.37. The predicted octanol–water partition coefficient (Wildman–Crippen LogP) is 3.46. The van der Waals surface area contributed by atoms with E-state index in [1.165, 1.54) is 12.3 Å². The van der Waals surface area contributed by atoms with Crippen LogP contribution in [0.4, 0.5) is 5.69 Å². The molecule has 1 heterocycles. The van der Waals surface area contributed by atoms with E-state index in [-0.39, 0.29) is 27.9 Å². The lowest BCUT2D eigenvalue weighted by atomic mass is 10.2. The fourth-order valence-corrected chi connectivity index (χ4v) is 1.72. The van der Waals surface area contributed by atoms with Crippen molar-refractivity contribution in [2.75, 3.05) is 5.73 Å². The molecule has 5 nitrogen and oxygen atoms in total. The second kappa shape index (κ2) is 5.34. The van der Waals surface area contributed by atoms with Gasteiger partial charge in [-0.05, 0) is 18.2 Å². The Hall–Kier alpha value is -1.98. The van der Waals surface area contributed by atoms with Gasteiger partial charge in [0.25, 0.3) is 0 Å². The van der Waals surface area contributed by atoms with Crippen molar-refractivity contribution in [2.24, 2.45) is 0 Å². The highest BCUT2D eigenvalue weighted by molar-refractivity contribution is 6.42. The second-order valence-electron chi connectivity index (χ2n) is 3.54. The summed E-state index contributed by atoms with van der Waals surface area (Å²) in [5.41, 5.74) is 5.50. The minimum atomic E-state index is -1.16. The molecule has 0 saturated carbocycles. The molecule has 19 heavy (non-hydrogen) atoms. The maximum Gasteiger partial charge on any atom is 0.338 e. The van der Waals surface area contributed by atoms with Gasteiger partial charge in [-0.1, -0.05) is 29.3 Å². The molecule has 0 atom stereocenters. The van der Waals surface area contributed by atoms with Gasteiger partial charge in [-0.2, -0.15) is 0 Å². The molecule has 0 fully saturated rings. The first-order valence-electron chi connectivity index (χ1n) is 5.10. The van der Waals surface area contributed by atoms with Crippen molar-refractivity contribution in [3.05, 3.63) is 46.1 Å². The van der Waals surface area contributed by atoms with Crippen molar-refractivity contribution < 1.29 is 14.6 Å². The monoisotopic (exact) mass is 298 g/mol. The van der Waals surface area contributed by atoms with Gasteiger partial charge in [-0.3, -0.25) is 0 Å². The van der Waals surface area contributed by atoms with Gasteiger partial charge in [0.15, 0.2) is 0 Å². The summed E-state index contributed by atoms with van der Waals surface area (Å²) in [5.74, 6) is -0.957. The summed E-state index contributed by atoms with van der Waals surface area (Å²) in [5, 5.41) is 9.46. The van der Waals surface area contributed by atoms with Crippen LogP contribution in [0.15, 0.2) is 30.5 Å². The first kappa shape index (κ1) is 13.5. The quantitative estimate of drug-likeness (QED) is 0.906. The molecule has 0 amide bonds. The van der Waals surface area contributed by atoms with Gasteiger partial charge >= 0.3 is 5.97 Å². The summed E-state index contributed by atoms with van der Waals surface area (Å²) < 4.78 is 5.40. The van der Waals surface area contributed by atoms with Crippen LogP contribution in [-0.2, 0) is 0 Å². The first-order valence-corrected chi connectivity index (χ1v) is 5.86. The molecule has 0 aliphatic heterocycles. The smallest absolute Gasteiger partial charge is 0.338 e. The Morgan fingerprint density at radius 2 is 2.05 bits per heavy atom. The topological polar surface area (TPSA) is 85.4 Å². The van der Waals surface area contributed by atoms with Gasteiger partial charge in [0.1, 0.15) is 16.5 Å². The maximum absolute atomic E-state index is 10.9. The molecule has 1 aromatic carbocycles. The first-order chi connectivity index (χ1) is 9.00. The number of anilines is 1. The number of nitrogens with two attached hydrogens (primary N) is 1. The van der Waals surface area contributed by atoms with Crippen molar-refractivity contribution in [1.82, 2.24) is 4.98 Å². The molecule has 0 unspecified atom stereocenters. The zero-order valence-corrected chi connectivity index (χ0v) is 10.9. The van der Waals surface area contributed by atoms with Gasteiger partial charge < -0.3 is 15.6 Å². The lowest BCUT2D eigenvalue weighted by Crippen LogP contribution is -2.05. The fourth-order valence-electron chi connectivity index (χ4n) is 1.39. The number of hydrogen-bond acceptors (Lipinski definition) is 4. The summed E-state index contributed by atoms with van der Waals surface area (Å²) in [4.78, 5) is 14.8. The number of rotatable bonds is 3. The van der Waals surface area contributed by atoms with Crippen LogP contribution in [0.2, 0.25) is 10.0 Å². The standard InChI is InChI=1S/C12H8Cl2N2O3/c13-7-2-1-3-8(9(7)14)19-11-10(15)6(12(17)18)4-5-16-11/h1-5H,15H2,(H,17,18). The number of ether oxygens (including phenoxy) is 1. The SMILES string of the molecule is Nc1c(C(=O)O)ccnc1Oc1cccc(Cl)c1Cl. The van der Waals surface area contributed by atoms with E-state index in [0.29, 0.717) is 5.02 Å². The van der Waals surface area contributed by atoms with Crippen LogP contribution >= 0.6 is 23.2 Å². The third-order valence-corrected chi connectivity index (χ3v) is 3.11. The Kier molecular flexibility index (Phi) is 3.78. The van der Waals surface area contributed by atoms with Gasteiger partial charge in [0.05, 0.1) is 10.6 Å². The van der Waals surface area contributed by atoms with Crippen molar-refractivity contribution in [1.29, 1.82) is 0 Å². The Morgan fingerprint density at radius 1 is 1.32 bits per heavy atom. The van der Waals surface area contributed by atoms with Crippen molar-refractivity contribution in [3.63, 3.8) is 0 Å². The normalized spacial score (nSPS) is 10.2. The minimum absolute atomic E-state index is 0.0379. The fraction of sp³-hybridized carbons (Fsp3) is 0. The summed E-state index contributed by atoms with van der Waals surface area (Å²) >= 11 is 11.8. The van der Waals surface area contributed by atoms with E-state index < -0.39 is 5.97 Å². The number of hydrogen-bond donors (Lipinski definition) is 2. The number of pyridine rings is 1. The van der Waals surface area contributed by atoms with E-state index in [1.807, 2.05) is 0 Å². The molecule has 2 rings (SSSR count). The van der Waals surface area contributed by atoms with Crippen LogP contribution in [0, 0.1) is 0 Å². The Bertz CT molecular complexity index is 647. The third-order valence-electron chi connectivity index (χ3n) is 2.31. The zero-order valence-electron chi connectivity index (χ0n) is 9.43. The molecule has 0 aliphatic carbocycles. The Balaban J connectivity index is 2.42. The molecule has 0 bridgehead atoms. The molecular weight excluding hydrogens is 291 g/mol. The number of benzene rings is 1. The maximum atomic E-state index is 10.9. The summed E-state index contributed by atoms with van der Waals surface area (Å²) in [6.45, 7) is 0. The molecule has 0 aliphatic rings. The molecule has 0 saturated heterocycles. The largest absolute Gasteiger partial charge is 0.478 e. The van der Waals surface area contributed by atoms with E-state index in [9.17, 15) is 4.79 Å². The van der Waals surface area contributed by atoms with E-state index in [4.69, 9.17) is 38.8 Å². The van der Waals surface area contributed by atoms with Gasteiger partial charge in [0.2, 0.25) is 5.88 Å². The number of nitrogens with zero attached hydrogens (tertiary/aromatic N) is 1. The van der Waals surface area contributed by atoms with E-state index in [0.717, 1.165) is 0 Å². The van der Waals surface area contributed by atoms with Crippen LogP contribution < -0.4 is 10.5 Å². The van der Waals surface area contributed by atoms with Crippen molar-refractivity contribution in [2.45, 2.75) is 0 Å². The number of nitrogen functional groups attached to an aromatic ring is 1. The van der Waals surface area contributed by atoms with E-state index >= 15 is 0 Å². The molecule has 0 radical (unpaired) electrons. The van der Waals surface area contributed by atoms with Crippen LogP contribution in [0.5, 0.6) is 11.6 Å². The van der Waals surface area contributed by atoms with Crippen LogP contribution in [0.1, 0.15) is 10.4 Å². The zero-order chi connectivity index (χ0) is 14.0. The minimum Gasteiger partial charge on any atom is -0.478 e. The summed E-state index contributed by atoms with van der Waals surface area (Å²) in [7, 11) is 0. The van der Waals surface area contributed by atoms with Crippen LogP contribution in [0.3, 0.4) is 0 Å². The van der Waals surface area contributed by atoms with Crippen molar-refractivity contribution >= 4 is 34.9 Å². The molecule has 0 spiro atoms. The highest BCUT2D eigenvalue weighted by Gasteiger charge is 2.15. The summed E-state index contributed by atoms with van der Waals surface area (Å²) in [6.07, 6.45) is 1.29. The number of aromatic carboxylic acids is 1. The number of carbonyl (C=O) groups is 1. The molecule has 1 aromatic heterocycles. The highest BCUT2D eigenvalue weighted by atomic mass is 35.5. The molecule has 3 N–H and O–H groups in total. The number of halogens is 2. The van der Waals surface area contributed by atoms with Crippen LogP contribution in [0.25, 0.3) is 0 Å². The van der Waals surface area contributed by atoms with Gasteiger partial charge in [-0.25, -0.2) is 9.78 Å². The Labute approximate surface area is 118 Å². The summed E-state index contributed by atoms with van der Waals surface area (Å²) in [6, 6.07) is 6.09. The average molecular weight is 299 g/mol. The predicted molar refractivity (Wildman–Crippen MR) is 72.1 cm³/mol. The lowest BCUT2D eigenvalue weighted by molar-refractivity contribution is 0.0697. The third kappa shape index (κ3) is 2.72. The second-order valence-corrected chi connectivity index (χ2v) is 4.32. The molecule has 7 heteroatoms. The highest BCUT2D eigenvalue weighted by Crippen LogP contribution is 2.36. The Morgan fingerprint density at radius 3 is 2.74 bits per heavy atom. The van der Waals surface area contributed by atoms with Crippen LogP contribution in [-0.4, -0.2) is 16.1 Å².